The zero-order valence-electron chi connectivity index (χ0n) is 16.8. The molecule has 1 aromatic heterocycles. The summed E-state index contributed by atoms with van der Waals surface area (Å²) < 4.78 is 26.7. The van der Waals surface area contributed by atoms with Gasteiger partial charge in [0.25, 0.3) is 12.3 Å². The number of imidazole rings is 1. The quantitative estimate of drug-likeness (QED) is 0.422. The zero-order chi connectivity index (χ0) is 21.7. The van der Waals surface area contributed by atoms with Gasteiger partial charge in [-0.1, -0.05) is 75.0 Å². The molecule has 7 heteroatoms. The number of nitrogens with one attached hydrogen (secondary N) is 2. The summed E-state index contributed by atoms with van der Waals surface area (Å²) in [6.45, 7) is 8.09. The molecule has 0 aliphatic heterocycles. The van der Waals surface area contributed by atoms with Gasteiger partial charge >= 0.3 is 0 Å². The van der Waals surface area contributed by atoms with Gasteiger partial charge in [-0.25, -0.2) is 13.8 Å². The summed E-state index contributed by atoms with van der Waals surface area (Å²) in [5.41, 5.74) is 1.56. The number of allylic oxidation sites excluding steroid dienone is 1. The summed E-state index contributed by atoms with van der Waals surface area (Å²) in [4.78, 5) is 20.3. The largest absolute Gasteiger partial charge is 0.338 e. The second-order valence-electron chi connectivity index (χ2n) is 6.88. The number of halogens is 2. The van der Waals surface area contributed by atoms with Crippen LogP contribution >= 0.6 is 11.8 Å². The average Bonchev–Trinajstić information content (AvgIpc) is 3.17. The van der Waals surface area contributed by atoms with Crippen LogP contribution in [-0.4, -0.2) is 15.9 Å². The smallest absolute Gasteiger partial charge is 0.264 e. The van der Waals surface area contributed by atoms with Crippen LogP contribution in [0.1, 0.15) is 42.6 Å². The molecule has 0 radical (unpaired) electrons. The molecule has 156 valence electrons. The van der Waals surface area contributed by atoms with Gasteiger partial charge in [0.1, 0.15) is 11.3 Å². The monoisotopic (exact) mass is 427 g/mol. The fourth-order valence-electron chi connectivity index (χ4n) is 2.86. The van der Waals surface area contributed by atoms with Gasteiger partial charge in [0.05, 0.1) is 16.1 Å². The minimum atomic E-state index is -2.62. The van der Waals surface area contributed by atoms with Crippen LogP contribution in [0.4, 0.5) is 8.78 Å². The van der Waals surface area contributed by atoms with Crippen LogP contribution in [0.25, 0.3) is 22.4 Å². The Morgan fingerprint density at radius 1 is 1.27 bits per heavy atom. The normalized spacial score (nSPS) is 12.6. The van der Waals surface area contributed by atoms with Gasteiger partial charge in [0, 0.05) is 11.1 Å². The van der Waals surface area contributed by atoms with Gasteiger partial charge in [-0.2, -0.15) is 0 Å². The van der Waals surface area contributed by atoms with E-state index in [1.165, 1.54) is 17.8 Å². The van der Waals surface area contributed by atoms with Crippen molar-refractivity contribution in [3.8, 4) is 11.4 Å². The summed E-state index contributed by atoms with van der Waals surface area (Å²) in [6, 6.07) is 11.3. The molecule has 1 unspecified atom stereocenters. The molecule has 0 fully saturated rings. The van der Waals surface area contributed by atoms with E-state index in [9.17, 15) is 13.6 Å². The number of para-hydroxylation sites is 1. The summed E-state index contributed by atoms with van der Waals surface area (Å²) in [5, 5.41) is 5.17. The van der Waals surface area contributed by atoms with Crippen LogP contribution in [0.5, 0.6) is 0 Å². The molecule has 4 nitrogen and oxygen atoms in total. The number of H-pyrrole nitrogens is 1. The lowest BCUT2D eigenvalue weighted by Gasteiger charge is -2.07. The first-order chi connectivity index (χ1) is 14.4. The van der Waals surface area contributed by atoms with E-state index in [4.69, 9.17) is 0 Å². The number of rotatable bonds is 8. The number of carbonyl (C=O) groups is 1. The fraction of sp³-hybridized carbons (Fsp3) is 0.217. The number of alkyl halides is 2. The van der Waals surface area contributed by atoms with E-state index >= 15 is 0 Å². The van der Waals surface area contributed by atoms with Gasteiger partial charge in [0.2, 0.25) is 0 Å². The Labute approximate surface area is 178 Å². The minimum Gasteiger partial charge on any atom is -0.338 e. The average molecular weight is 428 g/mol. The first-order valence-corrected chi connectivity index (χ1v) is 10.5. The van der Waals surface area contributed by atoms with Crippen molar-refractivity contribution in [3.05, 3.63) is 76.7 Å². The number of fused-ring (bicyclic) bond motifs is 1. The van der Waals surface area contributed by atoms with Crippen LogP contribution < -0.4 is 5.32 Å². The second-order valence-corrected chi connectivity index (χ2v) is 7.88. The van der Waals surface area contributed by atoms with Crippen molar-refractivity contribution in [1.29, 1.82) is 0 Å². The number of thioether (sulfide) groups is 1. The molecule has 0 saturated carbocycles. The van der Waals surface area contributed by atoms with Crippen molar-refractivity contribution in [3.63, 3.8) is 0 Å². The minimum absolute atomic E-state index is 0.111. The molecular weight excluding hydrogens is 404 g/mol. The molecule has 0 bridgehead atoms. The molecule has 0 aliphatic carbocycles. The molecule has 0 aliphatic rings. The van der Waals surface area contributed by atoms with Crippen molar-refractivity contribution in [2.45, 2.75) is 26.7 Å². The van der Waals surface area contributed by atoms with Crippen molar-refractivity contribution in [2.24, 2.45) is 5.92 Å². The highest BCUT2D eigenvalue weighted by molar-refractivity contribution is 8.05. The molecule has 2 N–H and O–H groups in total. The Bertz CT molecular complexity index is 1090. The predicted molar refractivity (Wildman–Crippen MR) is 119 cm³/mol. The highest BCUT2D eigenvalue weighted by atomic mass is 32.2. The van der Waals surface area contributed by atoms with Crippen molar-refractivity contribution >= 4 is 28.7 Å². The molecule has 0 spiro atoms. The molecular formula is C23H23F2N3OS. The molecule has 0 saturated heterocycles. The Kier molecular flexibility index (Phi) is 7.05. The van der Waals surface area contributed by atoms with E-state index in [-0.39, 0.29) is 11.5 Å². The van der Waals surface area contributed by atoms with Crippen LogP contribution in [0, 0.1) is 5.92 Å². The van der Waals surface area contributed by atoms with Gasteiger partial charge in [-0.15, -0.1) is 0 Å². The lowest BCUT2D eigenvalue weighted by molar-refractivity contribution is 0.0970. The first-order valence-electron chi connectivity index (χ1n) is 9.60. The third-order valence-corrected chi connectivity index (χ3v) is 5.40. The number of benzene rings is 2. The van der Waals surface area contributed by atoms with Crippen LogP contribution in [0.15, 0.2) is 65.6 Å². The van der Waals surface area contributed by atoms with Crippen molar-refractivity contribution in [1.82, 2.24) is 15.3 Å². The maximum atomic E-state index is 13.4. The highest BCUT2D eigenvalue weighted by Crippen LogP contribution is 2.31. The standard InChI is InChI=1S/C23H23F2N3OS/c1-4-14(2)12-13-30-15(3)26-23(29)18-10-7-11-19-20(18)28-22(27-19)17-9-6-5-8-16(17)21(24)25/h5-14,21H,3-4H2,1-2H3,(H,26,29)(H,27,28). The van der Waals surface area contributed by atoms with Crippen LogP contribution in [0.3, 0.4) is 0 Å². The van der Waals surface area contributed by atoms with Crippen LogP contribution in [-0.2, 0) is 0 Å². The Morgan fingerprint density at radius 2 is 2.03 bits per heavy atom. The van der Waals surface area contributed by atoms with Gasteiger partial charge in [0.15, 0.2) is 0 Å². The number of hydrogen-bond acceptors (Lipinski definition) is 3. The number of amides is 1. The van der Waals surface area contributed by atoms with Gasteiger partial charge in [-0.05, 0) is 23.5 Å². The summed E-state index contributed by atoms with van der Waals surface area (Å²) in [6.07, 6.45) is 0.470. The van der Waals surface area contributed by atoms with Gasteiger partial charge < -0.3 is 10.3 Å². The zero-order valence-corrected chi connectivity index (χ0v) is 17.6. The van der Waals surface area contributed by atoms with Crippen LogP contribution in [0.2, 0.25) is 0 Å². The summed E-state index contributed by atoms with van der Waals surface area (Å²) in [5.74, 6) is 0.398. The third-order valence-electron chi connectivity index (χ3n) is 4.72. The van der Waals surface area contributed by atoms with Crippen molar-refractivity contribution < 1.29 is 13.6 Å². The van der Waals surface area contributed by atoms with E-state index < -0.39 is 6.43 Å². The highest BCUT2D eigenvalue weighted by Gasteiger charge is 2.19. The molecule has 2 aromatic carbocycles. The van der Waals surface area contributed by atoms with Crippen molar-refractivity contribution in [2.75, 3.05) is 0 Å². The molecule has 1 atom stereocenters. The van der Waals surface area contributed by atoms with E-state index in [0.717, 1.165) is 6.42 Å². The van der Waals surface area contributed by atoms with E-state index in [1.807, 2.05) is 5.41 Å². The SMILES string of the molecule is C=C(NC(=O)c1cccc2[nH]c(-c3ccccc3C(F)F)nc12)SC=CC(C)CC. The Balaban J connectivity index is 1.85. The maximum absolute atomic E-state index is 13.4. The second kappa shape index (κ2) is 9.71. The van der Waals surface area contributed by atoms with Gasteiger partial charge in [-0.3, -0.25) is 4.79 Å². The van der Waals surface area contributed by atoms with E-state index in [1.54, 1.807) is 36.4 Å². The summed E-state index contributed by atoms with van der Waals surface area (Å²) >= 11 is 1.34. The van der Waals surface area contributed by atoms with E-state index in [0.29, 0.717) is 38.9 Å². The number of aromatic nitrogens is 2. The Morgan fingerprint density at radius 3 is 2.77 bits per heavy atom. The topological polar surface area (TPSA) is 57.8 Å². The number of hydrogen-bond donors (Lipinski definition) is 2. The molecule has 3 aromatic rings. The van der Waals surface area contributed by atoms with E-state index in [2.05, 4.69) is 41.8 Å². The Hall–Kier alpha value is -2.93. The molecule has 3 rings (SSSR count). The number of carbonyl (C=O) groups excluding carboxylic acids is 1. The number of aromatic amines is 1. The predicted octanol–water partition coefficient (Wildman–Crippen LogP) is 6.66. The molecule has 1 heterocycles. The maximum Gasteiger partial charge on any atom is 0.264 e. The summed E-state index contributed by atoms with van der Waals surface area (Å²) in [7, 11) is 0. The molecule has 30 heavy (non-hydrogen) atoms. The lowest BCUT2D eigenvalue weighted by Crippen LogP contribution is -2.20. The fourth-order valence-corrected chi connectivity index (χ4v) is 3.52. The number of nitrogens with zero attached hydrogens (tertiary/aromatic N) is 1. The lowest BCUT2D eigenvalue weighted by atomic mass is 10.1. The third kappa shape index (κ3) is 4.97. The molecule has 1 amide bonds. The first kappa shape index (κ1) is 21.8.